The summed E-state index contributed by atoms with van der Waals surface area (Å²) in [5.74, 6) is 0.193. The third kappa shape index (κ3) is 2.83. The Morgan fingerprint density at radius 2 is 2.15 bits per heavy atom. The smallest absolute Gasteiger partial charge is 0.226 e. The molecule has 0 unspecified atom stereocenters. The van der Waals surface area contributed by atoms with Gasteiger partial charge < -0.3 is 9.15 Å². The van der Waals surface area contributed by atoms with Gasteiger partial charge in [-0.1, -0.05) is 12.1 Å². The molecule has 2 saturated heterocycles. The quantitative estimate of drug-likeness (QED) is 0.799. The molecule has 2 aliphatic rings. The molecule has 0 radical (unpaired) electrons. The molecule has 0 N–H and O–H groups in total. The summed E-state index contributed by atoms with van der Waals surface area (Å²) in [6.45, 7) is 4.71. The zero-order valence-corrected chi connectivity index (χ0v) is 15.4. The van der Waals surface area contributed by atoms with E-state index in [0.29, 0.717) is 42.7 Å². The zero-order chi connectivity index (χ0) is 18.5. The minimum Gasteiger partial charge on any atom is -0.425 e. The van der Waals surface area contributed by atoms with Crippen molar-refractivity contribution in [2.45, 2.75) is 25.0 Å². The average molecular weight is 381 g/mol. The van der Waals surface area contributed by atoms with Crippen LogP contribution >= 0.6 is 0 Å². The first-order valence-corrected chi connectivity index (χ1v) is 10.0. The number of hydrogen-bond donors (Lipinski definition) is 0. The van der Waals surface area contributed by atoms with Crippen LogP contribution in [0.4, 0.5) is 4.39 Å². The van der Waals surface area contributed by atoms with Gasteiger partial charge in [0.2, 0.25) is 21.8 Å². The van der Waals surface area contributed by atoms with Crippen molar-refractivity contribution in [3.8, 4) is 0 Å². The fourth-order valence-electron chi connectivity index (χ4n) is 3.73. The molecule has 1 aromatic carbocycles. The normalized spacial score (nSPS) is 26.3. The van der Waals surface area contributed by atoms with E-state index >= 15 is 0 Å². The number of ether oxygens (including phenoxy) is 1. The molecule has 2 aromatic rings. The molecule has 7 nitrogen and oxygen atoms in total. The minimum absolute atomic E-state index is 0.0353. The highest BCUT2D eigenvalue weighted by molar-refractivity contribution is 7.88. The van der Waals surface area contributed by atoms with Crippen LogP contribution in [0.25, 0.3) is 0 Å². The Kier molecular flexibility index (Phi) is 4.13. The van der Waals surface area contributed by atoms with Gasteiger partial charge in [0, 0.05) is 25.9 Å². The lowest BCUT2D eigenvalue weighted by Gasteiger charge is -2.22. The van der Waals surface area contributed by atoms with Gasteiger partial charge in [-0.05, 0) is 24.1 Å². The maximum atomic E-state index is 13.8. The van der Waals surface area contributed by atoms with Gasteiger partial charge in [0.1, 0.15) is 5.82 Å². The number of nitrogens with zero attached hydrogens (tertiary/aromatic N) is 3. The van der Waals surface area contributed by atoms with Crippen molar-refractivity contribution < 1.29 is 22.0 Å². The molecule has 2 aliphatic heterocycles. The zero-order valence-electron chi connectivity index (χ0n) is 14.6. The van der Waals surface area contributed by atoms with Crippen molar-refractivity contribution in [1.82, 2.24) is 14.5 Å². The maximum absolute atomic E-state index is 13.8. The predicted octanol–water partition coefficient (Wildman–Crippen LogP) is 1.56. The van der Waals surface area contributed by atoms with Crippen molar-refractivity contribution in [3.63, 3.8) is 0 Å². The third-order valence-electron chi connectivity index (χ3n) is 5.27. The summed E-state index contributed by atoms with van der Waals surface area (Å²) in [6, 6.07) is 4.52. The minimum atomic E-state index is -3.60. The molecule has 9 heteroatoms. The fourth-order valence-corrected chi connectivity index (χ4v) is 5.35. The van der Waals surface area contributed by atoms with E-state index in [2.05, 4.69) is 10.2 Å². The summed E-state index contributed by atoms with van der Waals surface area (Å²) in [4.78, 5) is 0. The van der Waals surface area contributed by atoms with Gasteiger partial charge in [-0.25, -0.2) is 17.1 Å². The molecule has 1 aromatic heterocycles. The second kappa shape index (κ2) is 6.11. The first-order valence-electron chi connectivity index (χ1n) is 8.41. The highest BCUT2D eigenvalue weighted by Gasteiger charge is 2.57. The van der Waals surface area contributed by atoms with Crippen molar-refractivity contribution in [2.75, 3.05) is 26.3 Å². The van der Waals surface area contributed by atoms with E-state index in [4.69, 9.17) is 9.15 Å². The van der Waals surface area contributed by atoms with Crippen molar-refractivity contribution >= 4 is 10.0 Å². The number of aryl methyl sites for hydroxylation is 2. The third-order valence-corrected chi connectivity index (χ3v) is 7.04. The summed E-state index contributed by atoms with van der Waals surface area (Å²) < 4.78 is 52.2. The number of benzene rings is 1. The second-order valence-electron chi connectivity index (χ2n) is 7.13. The van der Waals surface area contributed by atoms with E-state index in [1.807, 2.05) is 0 Å². The number of rotatable bonds is 4. The summed E-state index contributed by atoms with van der Waals surface area (Å²) in [5.41, 5.74) is 0.321. The van der Waals surface area contributed by atoms with Crippen LogP contribution < -0.4 is 0 Å². The van der Waals surface area contributed by atoms with Crippen LogP contribution in [-0.4, -0.2) is 49.2 Å². The Hall–Kier alpha value is -1.84. The van der Waals surface area contributed by atoms with Gasteiger partial charge in [-0.2, -0.15) is 0 Å². The Labute approximate surface area is 151 Å². The average Bonchev–Trinajstić information content (AvgIpc) is 3.24. The molecular weight excluding hydrogens is 361 g/mol. The van der Waals surface area contributed by atoms with Gasteiger partial charge in [0.15, 0.2) is 0 Å². The maximum Gasteiger partial charge on any atom is 0.226 e. The highest BCUT2D eigenvalue weighted by Crippen LogP contribution is 2.44. The number of hydrogen-bond acceptors (Lipinski definition) is 6. The number of aromatic nitrogens is 2. The van der Waals surface area contributed by atoms with Crippen LogP contribution in [-0.2, 0) is 25.9 Å². The first kappa shape index (κ1) is 17.6. The van der Waals surface area contributed by atoms with Crippen LogP contribution in [0.15, 0.2) is 22.6 Å². The van der Waals surface area contributed by atoms with Gasteiger partial charge >= 0.3 is 0 Å². The Morgan fingerprint density at radius 3 is 2.85 bits per heavy atom. The van der Waals surface area contributed by atoms with Crippen LogP contribution in [0.3, 0.4) is 0 Å². The van der Waals surface area contributed by atoms with E-state index < -0.39 is 21.3 Å². The monoisotopic (exact) mass is 381 g/mol. The summed E-state index contributed by atoms with van der Waals surface area (Å²) in [6.07, 6.45) is 0. The molecular formula is C17H20FN3O4S. The predicted molar refractivity (Wildman–Crippen MR) is 90.4 cm³/mol. The van der Waals surface area contributed by atoms with Crippen LogP contribution in [0.5, 0.6) is 0 Å². The molecule has 0 spiro atoms. The van der Waals surface area contributed by atoms with E-state index in [9.17, 15) is 12.8 Å². The van der Waals surface area contributed by atoms with E-state index in [1.54, 1.807) is 26.0 Å². The van der Waals surface area contributed by atoms with Gasteiger partial charge in [-0.15, -0.1) is 10.2 Å². The molecule has 0 aliphatic carbocycles. The van der Waals surface area contributed by atoms with E-state index in [-0.39, 0.29) is 18.2 Å². The summed E-state index contributed by atoms with van der Waals surface area (Å²) >= 11 is 0. The molecule has 0 amide bonds. The number of halogens is 1. The lowest BCUT2D eigenvalue weighted by Crippen LogP contribution is -2.38. The Morgan fingerprint density at radius 1 is 1.35 bits per heavy atom. The molecule has 2 atom stereocenters. The largest absolute Gasteiger partial charge is 0.425 e. The van der Waals surface area contributed by atoms with Crippen LogP contribution in [0, 0.1) is 25.6 Å². The van der Waals surface area contributed by atoms with E-state index in [0.717, 1.165) is 0 Å². The standard InChI is InChI=1S/C17H20FN3O4S/c1-11-3-4-13(5-15(11)18)8-26(22,23)21-6-14-7-24-10-17(14,9-21)16-20-19-12(2)25-16/h3-5,14H,6-10H2,1-2H3/t14-,17-/m1/s1. The SMILES string of the molecule is Cc1nnc([C@]23COC[C@H]2CN(S(=O)(=O)Cc2ccc(C)c(F)c2)C3)o1. The van der Waals surface area contributed by atoms with Gasteiger partial charge in [-0.3, -0.25) is 0 Å². The molecule has 4 rings (SSSR count). The molecule has 2 fully saturated rings. The lowest BCUT2D eigenvalue weighted by molar-refractivity contribution is 0.155. The molecule has 0 bridgehead atoms. The highest BCUT2D eigenvalue weighted by atomic mass is 32.2. The summed E-state index contributed by atoms with van der Waals surface area (Å²) in [7, 11) is -3.60. The van der Waals surface area contributed by atoms with Gasteiger partial charge in [0.25, 0.3) is 0 Å². The Balaban J connectivity index is 1.59. The van der Waals surface area contributed by atoms with Crippen molar-refractivity contribution in [2.24, 2.45) is 5.92 Å². The fraction of sp³-hybridized carbons (Fsp3) is 0.529. The number of sulfonamides is 1. The van der Waals surface area contributed by atoms with Crippen molar-refractivity contribution in [3.05, 3.63) is 46.9 Å². The first-order chi connectivity index (χ1) is 12.3. The Bertz CT molecular complexity index is 945. The summed E-state index contributed by atoms with van der Waals surface area (Å²) in [5, 5.41) is 7.99. The van der Waals surface area contributed by atoms with Crippen LogP contribution in [0.1, 0.15) is 22.9 Å². The number of fused-ring (bicyclic) bond motifs is 1. The second-order valence-corrected chi connectivity index (χ2v) is 9.10. The molecule has 0 saturated carbocycles. The molecule has 140 valence electrons. The van der Waals surface area contributed by atoms with Gasteiger partial charge in [0.05, 0.1) is 24.4 Å². The molecule has 3 heterocycles. The van der Waals surface area contributed by atoms with Crippen LogP contribution in [0.2, 0.25) is 0 Å². The van der Waals surface area contributed by atoms with Crippen molar-refractivity contribution in [1.29, 1.82) is 0 Å². The van der Waals surface area contributed by atoms with E-state index in [1.165, 1.54) is 10.4 Å². The molecule has 26 heavy (non-hydrogen) atoms. The topological polar surface area (TPSA) is 85.5 Å². The lowest BCUT2D eigenvalue weighted by atomic mass is 9.81.